The Morgan fingerprint density at radius 1 is 1.55 bits per heavy atom. The van der Waals surface area contributed by atoms with Crippen LogP contribution in [0.4, 0.5) is 10.1 Å². The molecule has 0 spiro atoms. The van der Waals surface area contributed by atoms with Crippen LogP contribution >= 0.6 is 11.6 Å². The highest BCUT2D eigenvalue weighted by molar-refractivity contribution is 6.31. The van der Waals surface area contributed by atoms with E-state index in [4.69, 9.17) is 16.9 Å². The van der Waals surface area contributed by atoms with Crippen molar-refractivity contribution in [1.29, 1.82) is 5.26 Å². The van der Waals surface area contributed by atoms with Gasteiger partial charge in [0.1, 0.15) is 5.82 Å². The highest BCUT2D eigenvalue weighted by Crippen LogP contribution is 2.29. The van der Waals surface area contributed by atoms with Crippen molar-refractivity contribution in [3.8, 4) is 6.07 Å². The van der Waals surface area contributed by atoms with Gasteiger partial charge in [0.05, 0.1) is 24.1 Å². The molecule has 0 aliphatic carbocycles. The molecule has 0 saturated carbocycles. The van der Waals surface area contributed by atoms with Crippen molar-refractivity contribution in [3.05, 3.63) is 29.0 Å². The summed E-state index contributed by atoms with van der Waals surface area (Å²) < 4.78 is 13.8. The molecule has 1 amide bonds. The van der Waals surface area contributed by atoms with Gasteiger partial charge in [-0.05, 0) is 31.0 Å². The van der Waals surface area contributed by atoms with Gasteiger partial charge in [0.15, 0.2) is 5.78 Å². The first-order chi connectivity index (χ1) is 9.54. The molecule has 1 aliphatic heterocycles. The molecule has 104 valence electrons. The summed E-state index contributed by atoms with van der Waals surface area (Å²) in [5.41, 5.74) is 0.0805. The van der Waals surface area contributed by atoms with Crippen LogP contribution < -0.4 is 4.90 Å². The molecule has 1 fully saturated rings. The van der Waals surface area contributed by atoms with E-state index in [2.05, 4.69) is 0 Å². The van der Waals surface area contributed by atoms with Crippen LogP contribution in [-0.4, -0.2) is 18.2 Å². The van der Waals surface area contributed by atoms with E-state index < -0.39 is 23.4 Å². The highest BCUT2D eigenvalue weighted by atomic mass is 35.5. The molecule has 1 aromatic carbocycles. The van der Waals surface area contributed by atoms with E-state index in [1.165, 1.54) is 23.1 Å². The predicted octanol–water partition coefficient (Wildman–Crippen LogP) is 2.70. The summed E-state index contributed by atoms with van der Waals surface area (Å²) in [5, 5.41) is 8.86. The van der Waals surface area contributed by atoms with Crippen LogP contribution in [0, 0.1) is 23.1 Å². The first kappa shape index (κ1) is 14.5. The molecule has 4 nitrogen and oxygen atoms in total. The van der Waals surface area contributed by atoms with Crippen LogP contribution in [0.5, 0.6) is 0 Å². The minimum absolute atomic E-state index is 0.0805. The molecular formula is C14H12ClFN2O2. The Morgan fingerprint density at radius 3 is 3.00 bits per heavy atom. The SMILES string of the molecule is N#CCC(=O)C1CCCN(c2cc(Cl)ccc2F)C1=O. The Labute approximate surface area is 120 Å². The number of piperidine rings is 1. The monoisotopic (exact) mass is 294 g/mol. The normalized spacial score (nSPS) is 18.8. The molecule has 0 bridgehead atoms. The van der Waals surface area contributed by atoms with Gasteiger partial charge in [0, 0.05) is 11.6 Å². The first-order valence-electron chi connectivity index (χ1n) is 6.20. The maximum Gasteiger partial charge on any atom is 0.237 e. The van der Waals surface area contributed by atoms with Gasteiger partial charge in [-0.15, -0.1) is 0 Å². The summed E-state index contributed by atoms with van der Waals surface area (Å²) >= 11 is 5.82. The van der Waals surface area contributed by atoms with Crippen LogP contribution in [0.25, 0.3) is 0 Å². The van der Waals surface area contributed by atoms with Crippen molar-refractivity contribution in [2.24, 2.45) is 5.92 Å². The molecule has 1 heterocycles. The number of halogens is 2. The lowest BCUT2D eigenvalue weighted by Gasteiger charge is -2.31. The molecule has 1 aliphatic rings. The maximum absolute atomic E-state index is 13.8. The lowest BCUT2D eigenvalue weighted by Crippen LogP contribution is -2.44. The van der Waals surface area contributed by atoms with Gasteiger partial charge in [0.25, 0.3) is 0 Å². The largest absolute Gasteiger partial charge is 0.309 e. The molecule has 2 rings (SSSR count). The molecule has 1 saturated heterocycles. The number of carbonyl (C=O) groups excluding carboxylic acids is 2. The zero-order valence-electron chi connectivity index (χ0n) is 10.6. The number of anilines is 1. The Bertz CT molecular complexity index is 597. The third-order valence-corrected chi connectivity index (χ3v) is 3.51. The van der Waals surface area contributed by atoms with Crippen LogP contribution in [0.3, 0.4) is 0 Å². The fraction of sp³-hybridized carbons (Fsp3) is 0.357. The van der Waals surface area contributed by atoms with Gasteiger partial charge < -0.3 is 4.90 Å². The summed E-state index contributed by atoms with van der Waals surface area (Å²) in [4.78, 5) is 25.3. The zero-order valence-corrected chi connectivity index (χ0v) is 11.4. The van der Waals surface area contributed by atoms with Gasteiger partial charge in [-0.2, -0.15) is 5.26 Å². The van der Waals surface area contributed by atoms with Crippen LogP contribution in [0.1, 0.15) is 19.3 Å². The van der Waals surface area contributed by atoms with E-state index in [1.807, 2.05) is 0 Å². The number of hydrogen-bond acceptors (Lipinski definition) is 3. The second-order valence-electron chi connectivity index (χ2n) is 4.58. The number of ketones is 1. The molecule has 1 unspecified atom stereocenters. The smallest absolute Gasteiger partial charge is 0.237 e. The van der Waals surface area contributed by atoms with Crippen molar-refractivity contribution in [1.82, 2.24) is 0 Å². The lowest BCUT2D eigenvalue weighted by atomic mass is 9.91. The number of amides is 1. The molecule has 0 radical (unpaired) electrons. The Balaban J connectivity index is 2.29. The number of carbonyl (C=O) groups is 2. The maximum atomic E-state index is 13.8. The summed E-state index contributed by atoms with van der Waals surface area (Å²) in [5.74, 6) is -2.29. The first-order valence-corrected chi connectivity index (χ1v) is 6.58. The molecule has 1 atom stereocenters. The lowest BCUT2D eigenvalue weighted by molar-refractivity contribution is -0.133. The second kappa shape index (κ2) is 6.02. The summed E-state index contributed by atoms with van der Waals surface area (Å²) in [6.45, 7) is 0.340. The van der Waals surface area contributed by atoms with Crippen LogP contribution in [0.2, 0.25) is 5.02 Å². The fourth-order valence-electron chi connectivity index (χ4n) is 2.31. The van der Waals surface area contributed by atoms with E-state index in [0.29, 0.717) is 24.4 Å². The molecular weight excluding hydrogens is 283 g/mol. The Kier molecular flexibility index (Phi) is 4.35. The molecule has 0 aromatic heterocycles. The van der Waals surface area contributed by atoms with Gasteiger partial charge in [-0.25, -0.2) is 4.39 Å². The van der Waals surface area contributed by atoms with E-state index in [-0.39, 0.29) is 12.1 Å². The number of nitriles is 1. The average Bonchev–Trinajstić information content (AvgIpc) is 2.42. The quantitative estimate of drug-likeness (QED) is 0.805. The van der Waals surface area contributed by atoms with Gasteiger partial charge in [-0.3, -0.25) is 9.59 Å². The third kappa shape index (κ3) is 2.81. The Hall–Kier alpha value is -1.93. The van der Waals surface area contributed by atoms with E-state index >= 15 is 0 Å². The number of benzene rings is 1. The number of Topliss-reactive ketones (excluding diaryl/α,β-unsaturated/α-hetero) is 1. The number of rotatable bonds is 3. The van der Waals surface area contributed by atoms with Crippen molar-refractivity contribution in [2.45, 2.75) is 19.3 Å². The number of hydrogen-bond donors (Lipinski definition) is 0. The molecule has 1 aromatic rings. The zero-order chi connectivity index (χ0) is 14.7. The molecule has 20 heavy (non-hydrogen) atoms. The average molecular weight is 295 g/mol. The van der Waals surface area contributed by atoms with Gasteiger partial charge >= 0.3 is 0 Å². The van der Waals surface area contributed by atoms with Gasteiger partial charge in [-0.1, -0.05) is 11.6 Å². The molecule has 6 heteroatoms. The highest BCUT2D eigenvalue weighted by Gasteiger charge is 2.35. The molecule has 0 N–H and O–H groups in total. The Morgan fingerprint density at radius 2 is 2.30 bits per heavy atom. The van der Waals surface area contributed by atoms with Crippen molar-refractivity contribution >= 4 is 29.0 Å². The van der Waals surface area contributed by atoms with Crippen molar-refractivity contribution in [2.75, 3.05) is 11.4 Å². The van der Waals surface area contributed by atoms with E-state index in [1.54, 1.807) is 6.07 Å². The van der Waals surface area contributed by atoms with Crippen LogP contribution in [-0.2, 0) is 9.59 Å². The van der Waals surface area contributed by atoms with Crippen LogP contribution in [0.15, 0.2) is 18.2 Å². The van der Waals surface area contributed by atoms with E-state index in [0.717, 1.165) is 0 Å². The number of nitrogens with zero attached hydrogens (tertiary/aromatic N) is 2. The van der Waals surface area contributed by atoms with Crippen molar-refractivity contribution in [3.63, 3.8) is 0 Å². The topological polar surface area (TPSA) is 61.2 Å². The minimum atomic E-state index is -0.859. The summed E-state index contributed by atoms with van der Waals surface area (Å²) in [6.07, 6.45) is 0.680. The summed E-state index contributed by atoms with van der Waals surface area (Å²) in [6, 6.07) is 5.69. The fourth-order valence-corrected chi connectivity index (χ4v) is 2.47. The van der Waals surface area contributed by atoms with Crippen molar-refractivity contribution < 1.29 is 14.0 Å². The third-order valence-electron chi connectivity index (χ3n) is 3.28. The second-order valence-corrected chi connectivity index (χ2v) is 5.02. The standard InChI is InChI=1S/C14H12ClFN2O2/c15-9-3-4-11(16)12(8-9)18-7-1-2-10(14(18)20)13(19)5-6-17/h3-4,8,10H,1-2,5,7H2. The minimum Gasteiger partial charge on any atom is -0.309 e. The predicted molar refractivity (Wildman–Crippen MR) is 71.7 cm³/mol. The summed E-state index contributed by atoms with van der Waals surface area (Å²) in [7, 11) is 0. The van der Waals surface area contributed by atoms with E-state index in [9.17, 15) is 14.0 Å². The van der Waals surface area contributed by atoms with Gasteiger partial charge in [0.2, 0.25) is 5.91 Å².